The Morgan fingerprint density at radius 2 is 1.59 bits per heavy atom. The van der Waals surface area contributed by atoms with Crippen molar-refractivity contribution < 1.29 is 22.6 Å². The fourth-order valence-corrected chi connectivity index (χ4v) is 6.88. The largest absolute Gasteiger partial charge is 0.349 e. The summed E-state index contributed by atoms with van der Waals surface area (Å²) in [6, 6.07) is 15.7. The van der Waals surface area contributed by atoms with Gasteiger partial charge in [-0.3, -0.25) is 23.9 Å². The lowest BCUT2D eigenvalue weighted by atomic mass is 9.92. The van der Waals surface area contributed by atoms with Crippen molar-refractivity contribution in [1.29, 1.82) is 0 Å². The maximum atomic E-state index is 14.5. The Morgan fingerprint density at radius 3 is 2.24 bits per heavy atom. The Bertz CT molecular complexity index is 2230. The van der Waals surface area contributed by atoms with Gasteiger partial charge in [0.05, 0.1) is 49.8 Å². The van der Waals surface area contributed by atoms with Crippen molar-refractivity contribution in [1.82, 2.24) is 24.2 Å². The number of amides is 2. The predicted molar refractivity (Wildman–Crippen MR) is 173 cm³/mol. The molecule has 7 rings (SSSR count). The number of carbonyl (C=O) groups is 2. The van der Waals surface area contributed by atoms with Crippen LogP contribution in [0.2, 0.25) is 5.02 Å². The first kappa shape index (κ1) is 29.8. The van der Waals surface area contributed by atoms with Gasteiger partial charge < -0.3 is 4.57 Å². The molecule has 9 nitrogen and oxygen atoms in total. The summed E-state index contributed by atoms with van der Waals surface area (Å²) in [5, 5.41) is 5.41. The van der Waals surface area contributed by atoms with Gasteiger partial charge in [-0.2, -0.15) is 5.10 Å². The number of rotatable bonds is 7. The third kappa shape index (κ3) is 4.85. The minimum absolute atomic E-state index is 0.123. The van der Waals surface area contributed by atoms with E-state index >= 15 is 0 Å². The van der Waals surface area contributed by atoms with Crippen LogP contribution < -0.4 is 4.72 Å². The van der Waals surface area contributed by atoms with Gasteiger partial charge in [0.2, 0.25) is 0 Å². The lowest BCUT2D eigenvalue weighted by Crippen LogP contribution is -2.36. The number of imide groups is 1. The number of nitrogens with zero attached hydrogens (tertiary/aromatic N) is 5. The van der Waals surface area contributed by atoms with E-state index in [0.717, 1.165) is 16.5 Å². The van der Waals surface area contributed by atoms with Crippen molar-refractivity contribution in [3.05, 3.63) is 112 Å². The number of pyridine rings is 1. The van der Waals surface area contributed by atoms with Crippen LogP contribution in [0.1, 0.15) is 38.0 Å². The SMILES string of the molecule is Cn1ccc2nc(C(Cc3cc(F)cc(F)c3)N3C(=O)c4ccccc4C3=O)c(-c3ccc(Cl)c4c(NS(C)=O)nn(C)c34)cc21. The first-order valence-corrected chi connectivity index (χ1v) is 16.1. The number of halogens is 3. The lowest BCUT2D eigenvalue weighted by Gasteiger charge is -2.28. The van der Waals surface area contributed by atoms with Gasteiger partial charge in [0.25, 0.3) is 11.8 Å². The van der Waals surface area contributed by atoms with Crippen LogP contribution in [0.4, 0.5) is 14.6 Å². The highest BCUT2D eigenvalue weighted by molar-refractivity contribution is 7.85. The van der Waals surface area contributed by atoms with Crippen molar-refractivity contribution in [2.45, 2.75) is 12.5 Å². The molecule has 0 radical (unpaired) electrons. The summed E-state index contributed by atoms with van der Waals surface area (Å²) in [7, 11) is 2.14. The van der Waals surface area contributed by atoms with Crippen molar-refractivity contribution in [2.24, 2.45) is 14.1 Å². The summed E-state index contributed by atoms with van der Waals surface area (Å²) in [5.74, 6) is -2.34. The molecule has 13 heteroatoms. The van der Waals surface area contributed by atoms with Gasteiger partial charge >= 0.3 is 0 Å². The van der Waals surface area contributed by atoms with Crippen LogP contribution in [0.25, 0.3) is 33.1 Å². The van der Waals surface area contributed by atoms with Gasteiger partial charge in [-0.05, 0) is 54.4 Å². The van der Waals surface area contributed by atoms with Gasteiger partial charge in [0.1, 0.15) is 22.6 Å². The van der Waals surface area contributed by atoms with Crippen LogP contribution in [-0.4, -0.2) is 46.5 Å². The fourth-order valence-electron chi connectivity index (χ4n) is 6.23. The molecule has 3 aromatic heterocycles. The van der Waals surface area contributed by atoms with Crippen molar-refractivity contribution in [3.8, 4) is 11.1 Å². The summed E-state index contributed by atoms with van der Waals surface area (Å²) in [6.45, 7) is 0. The number of hydrogen-bond acceptors (Lipinski definition) is 5. The molecule has 3 aromatic carbocycles. The maximum absolute atomic E-state index is 14.5. The molecule has 2 atom stereocenters. The number of carbonyl (C=O) groups excluding carboxylic acids is 2. The summed E-state index contributed by atoms with van der Waals surface area (Å²) in [6.07, 6.45) is 3.19. The van der Waals surface area contributed by atoms with Crippen LogP contribution in [0.15, 0.2) is 72.9 Å². The summed E-state index contributed by atoms with van der Waals surface area (Å²) in [5.41, 5.74) is 4.11. The molecule has 0 saturated heterocycles. The van der Waals surface area contributed by atoms with E-state index in [1.54, 1.807) is 48.1 Å². The maximum Gasteiger partial charge on any atom is 0.262 e. The van der Waals surface area contributed by atoms with Crippen LogP contribution in [-0.2, 0) is 31.5 Å². The molecule has 1 N–H and O–H groups in total. The molecule has 0 saturated carbocycles. The van der Waals surface area contributed by atoms with E-state index in [-0.39, 0.29) is 23.1 Å². The average molecular weight is 659 g/mol. The van der Waals surface area contributed by atoms with Gasteiger partial charge in [-0.15, -0.1) is 0 Å². The second-order valence-electron chi connectivity index (χ2n) is 11.1. The Labute approximate surface area is 269 Å². The van der Waals surface area contributed by atoms with Gasteiger partial charge in [-0.1, -0.05) is 29.8 Å². The number of fused-ring (bicyclic) bond motifs is 3. The van der Waals surface area contributed by atoms with E-state index in [1.807, 2.05) is 29.9 Å². The second kappa shape index (κ2) is 11.1. The molecule has 2 amide bonds. The average Bonchev–Trinajstić information content (AvgIpc) is 3.62. The molecule has 1 aliphatic rings. The molecule has 0 spiro atoms. The van der Waals surface area contributed by atoms with Crippen LogP contribution in [0.3, 0.4) is 0 Å². The van der Waals surface area contributed by atoms with E-state index in [4.69, 9.17) is 16.6 Å². The minimum Gasteiger partial charge on any atom is -0.349 e. The quantitative estimate of drug-likeness (QED) is 0.202. The number of benzene rings is 3. The molecule has 232 valence electrons. The van der Waals surface area contributed by atoms with Crippen LogP contribution in [0.5, 0.6) is 0 Å². The zero-order valence-corrected chi connectivity index (χ0v) is 26.3. The van der Waals surface area contributed by atoms with E-state index in [0.29, 0.717) is 44.1 Å². The Balaban J connectivity index is 1.53. The summed E-state index contributed by atoms with van der Waals surface area (Å²) < 4.78 is 47.4. The van der Waals surface area contributed by atoms with Gasteiger partial charge in [-0.25, -0.2) is 18.0 Å². The standard InChI is InChI=1S/C33H25ClF2N6O3S/c1-40-11-10-25-26(40)16-23(20-8-9-24(34)28-30(20)41(2)38-31(28)39-46(3)45)29(37-25)27(14-17-12-18(35)15-19(36)13-17)42-32(43)21-6-4-5-7-22(21)33(42)44/h4-13,15-16,27H,14H2,1-3H3,(H,38,39). The number of aryl methyl sites for hydroxylation is 2. The Hall–Kier alpha value is -4.94. The van der Waals surface area contributed by atoms with Crippen molar-refractivity contribution in [3.63, 3.8) is 0 Å². The van der Waals surface area contributed by atoms with Crippen LogP contribution >= 0.6 is 11.6 Å². The number of nitrogens with one attached hydrogen (secondary N) is 1. The zero-order valence-electron chi connectivity index (χ0n) is 24.7. The molecule has 46 heavy (non-hydrogen) atoms. The molecule has 0 bridgehead atoms. The highest BCUT2D eigenvalue weighted by Crippen LogP contribution is 2.43. The molecule has 0 fully saturated rings. The lowest BCUT2D eigenvalue weighted by molar-refractivity contribution is 0.0578. The topological polar surface area (TPSA) is 102 Å². The molecule has 4 heterocycles. The fraction of sp³-hybridized carbons (Fsp3) is 0.152. The third-order valence-corrected chi connectivity index (χ3v) is 8.96. The molecular weight excluding hydrogens is 634 g/mol. The normalized spacial score (nSPS) is 14.3. The Kier molecular flexibility index (Phi) is 7.21. The molecule has 1 aliphatic heterocycles. The van der Waals surface area contributed by atoms with Crippen LogP contribution in [0, 0.1) is 11.6 Å². The monoisotopic (exact) mass is 658 g/mol. The summed E-state index contributed by atoms with van der Waals surface area (Å²) in [4.78, 5) is 34.0. The van der Waals surface area contributed by atoms with Gasteiger partial charge in [0.15, 0.2) is 5.82 Å². The first-order chi connectivity index (χ1) is 22.0. The number of anilines is 1. The van der Waals surface area contributed by atoms with Crippen molar-refractivity contribution in [2.75, 3.05) is 11.0 Å². The zero-order chi connectivity index (χ0) is 32.4. The highest BCUT2D eigenvalue weighted by Gasteiger charge is 2.42. The third-order valence-electron chi connectivity index (χ3n) is 8.17. The molecule has 6 aromatic rings. The summed E-state index contributed by atoms with van der Waals surface area (Å²) >= 11 is 6.67. The van der Waals surface area contributed by atoms with E-state index in [2.05, 4.69) is 9.82 Å². The van der Waals surface area contributed by atoms with Crippen molar-refractivity contribution >= 4 is 62.2 Å². The number of hydrogen-bond donors (Lipinski definition) is 1. The molecular formula is C33H25ClF2N6O3S. The minimum atomic E-state index is -1.45. The molecule has 2 unspecified atom stereocenters. The van der Waals surface area contributed by atoms with Gasteiger partial charge in [0, 0.05) is 43.7 Å². The highest BCUT2D eigenvalue weighted by atomic mass is 35.5. The van der Waals surface area contributed by atoms with E-state index < -0.39 is 40.5 Å². The number of aromatic nitrogens is 4. The predicted octanol–water partition coefficient (Wildman–Crippen LogP) is 6.34. The smallest absolute Gasteiger partial charge is 0.262 e. The molecule has 0 aliphatic carbocycles. The Morgan fingerprint density at radius 1 is 0.913 bits per heavy atom. The first-order valence-electron chi connectivity index (χ1n) is 14.2. The van der Waals surface area contributed by atoms with E-state index in [9.17, 15) is 22.6 Å². The second-order valence-corrected chi connectivity index (χ2v) is 12.6. The van der Waals surface area contributed by atoms with E-state index in [1.165, 1.54) is 18.4 Å².